The van der Waals surface area contributed by atoms with E-state index >= 15 is 8.78 Å². The Morgan fingerprint density at radius 2 is 1.11 bits per heavy atom. The highest BCUT2D eigenvalue weighted by molar-refractivity contribution is 6.02. The first-order valence-electron chi connectivity index (χ1n) is 22.2. The van der Waals surface area contributed by atoms with E-state index in [0.717, 1.165) is 5.57 Å². The average Bonchev–Trinajstić information content (AvgIpc) is 3.70. The van der Waals surface area contributed by atoms with Crippen molar-refractivity contribution in [1.82, 2.24) is 0 Å². The molecular formula is C48H64F2O13. The number of hydrogen-bond donors (Lipinski definition) is 6. The highest BCUT2D eigenvalue weighted by Gasteiger charge is 2.80. The molecule has 9 aliphatic rings. The van der Waals surface area contributed by atoms with E-state index in [0.29, 0.717) is 37.7 Å². The maximum Gasteiger partial charge on any atom is 0.193 e. The number of rotatable bonds is 4. The first-order valence-corrected chi connectivity index (χ1v) is 22.2. The molecule has 0 aromatic rings. The van der Waals surface area contributed by atoms with Crippen LogP contribution in [0.25, 0.3) is 0 Å². The number of fused-ring (bicyclic) bond motifs is 12. The van der Waals surface area contributed by atoms with E-state index in [9.17, 15) is 54.6 Å². The molecule has 7 fully saturated rings. The highest BCUT2D eigenvalue weighted by atomic mass is 19.1. The van der Waals surface area contributed by atoms with Gasteiger partial charge in [-0.2, -0.15) is 0 Å². The summed E-state index contributed by atoms with van der Waals surface area (Å²) in [7, 11) is 0. The van der Waals surface area contributed by atoms with Crippen molar-refractivity contribution in [2.45, 2.75) is 159 Å². The number of halogens is 2. The lowest BCUT2D eigenvalue weighted by Crippen LogP contribution is -2.70. The van der Waals surface area contributed by atoms with Gasteiger partial charge in [0.05, 0.1) is 24.4 Å². The quantitative estimate of drug-likeness (QED) is 0.238. The van der Waals surface area contributed by atoms with Gasteiger partial charge in [-0.05, 0) is 129 Å². The summed E-state index contributed by atoms with van der Waals surface area (Å²) in [6.07, 6.45) is 5.93. The van der Waals surface area contributed by atoms with Crippen LogP contribution < -0.4 is 0 Å². The Labute approximate surface area is 366 Å². The fraction of sp³-hybridized carbons (Fsp3) is 0.729. The molecule has 6 N–H and O–H groups in total. The SMILES string of the molecule is CC(C)=O.CC1(C)O[C@@H]2C[C@H]3[C@@H]4CCC5=CC(=O)C=C[C@]5(C)[C@@]4(F)[C@@H](O)C[C@]3(C)[C@]2(C(=O)CO)O1.C[C@]12C=CC(=O)C=C1CC[C@H]1[C@@H]3C[C@@H](O)[C@](O)(C(=O)CO)[C@@]3(C)C[C@H](O)[C@@]12F. The van der Waals surface area contributed by atoms with E-state index in [1.807, 2.05) is 6.92 Å². The van der Waals surface area contributed by atoms with Crippen LogP contribution in [0, 0.1) is 45.3 Å². The number of aliphatic hydroxyl groups is 6. The van der Waals surface area contributed by atoms with Crippen molar-refractivity contribution in [3.05, 3.63) is 47.6 Å². The second-order valence-electron chi connectivity index (χ2n) is 21.2. The first kappa shape index (κ1) is 47.8. The van der Waals surface area contributed by atoms with Crippen molar-refractivity contribution in [1.29, 1.82) is 0 Å². The van der Waals surface area contributed by atoms with E-state index < -0.39 is 117 Å². The molecule has 63 heavy (non-hydrogen) atoms. The molecule has 0 unspecified atom stereocenters. The molecule has 16 atom stereocenters. The predicted molar refractivity (Wildman–Crippen MR) is 222 cm³/mol. The largest absolute Gasteiger partial charge is 0.390 e. The Morgan fingerprint density at radius 1 is 0.683 bits per heavy atom. The zero-order valence-corrected chi connectivity index (χ0v) is 37.5. The summed E-state index contributed by atoms with van der Waals surface area (Å²) >= 11 is 0. The standard InChI is InChI=1S/C24H31FO6.C21H27FO6.C3H6O/c1-20(2)30-19-10-16-15-6-5-13-9-14(27)7-8-21(13,3)23(15,25)17(28)11-22(16,4)24(19,31-20)18(29)12-26;1-18-6-5-12(24)7-11(18)3-4-13-14-8-15(25)21(28,17(27)10-23)19(14,2)9-16(26)20(13,18)22;1-3(2)4/h7-9,15-17,19,26,28H,5-6,10-12H2,1-4H3;5-7,13-16,23,25-26,28H,3-4,8-10H2,1-2H3;1-2H3/t15-,16-,17-,19+,21-,22-,23-,24+;13-,14-,15+,16-,18-,19-,20-,21-;/m00./s1. The number of Topliss-reactive ketones (excluding diaryl/α,β-unsaturated/α-hetero) is 3. The minimum Gasteiger partial charge on any atom is -0.390 e. The van der Waals surface area contributed by atoms with Gasteiger partial charge in [0, 0.05) is 33.5 Å². The number of allylic oxidation sites excluding steroid dienone is 8. The van der Waals surface area contributed by atoms with E-state index in [4.69, 9.17) is 9.47 Å². The van der Waals surface area contributed by atoms with Crippen molar-refractivity contribution >= 4 is 28.9 Å². The van der Waals surface area contributed by atoms with Crippen LogP contribution >= 0.6 is 0 Å². The molecule has 0 radical (unpaired) electrons. The molecular weight excluding hydrogens is 823 g/mol. The van der Waals surface area contributed by atoms with Gasteiger partial charge in [0.25, 0.3) is 0 Å². The average molecular weight is 887 g/mol. The molecule has 0 bridgehead atoms. The lowest BCUT2D eigenvalue weighted by atomic mass is 9.44. The maximum atomic E-state index is 17.1. The van der Waals surface area contributed by atoms with Gasteiger partial charge < -0.3 is 44.9 Å². The number of ether oxygens (including phenoxy) is 2. The van der Waals surface area contributed by atoms with Crippen molar-refractivity contribution in [3.8, 4) is 0 Å². The lowest BCUT2D eigenvalue weighted by Gasteiger charge is -2.62. The van der Waals surface area contributed by atoms with Crippen LogP contribution in [0.3, 0.4) is 0 Å². The third-order valence-corrected chi connectivity index (χ3v) is 17.6. The molecule has 13 nitrogen and oxygen atoms in total. The summed E-state index contributed by atoms with van der Waals surface area (Å²) in [4.78, 5) is 58.7. The summed E-state index contributed by atoms with van der Waals surface area (Å²) in [6, 6.07) is 0. The van der Waals surface area contributed by atoms with Crippen LogP contribution in [0.1, 0.15) is 107 Å². The van der Waals surface area contributed by atoms with E-state index in [-0.39, 0.29) is 42.5 Å². The molecule has 15 heteroatoms. The Morgan fingerprint density at radius 3 is 1.56 bits per heavy atom. The summed E-state index contributed by atoms with van der Waals surface area (Å²) in [5.74, 6) is -4.67. The molecule has 1 heterocycles. The van der Waals surface area contributed by atoms with Crippen molar-refractivity contribution in [3.63, 3.8) is 0 Å². The Hall–Kier alpha value is -3.15. The van der Waals surface area contributed by atoms with Gasteiger partial charge in [0.2, 0.25) is 0 Å². The maximum absolute atomic E-state index is 17.1. The predicted octanol–water partition coefficient (Wildman–Crippen LogP) is 3.63. The Kier molecular flexibility index (Phi) is 11.5. The van der Waals surface area contributed by atoms with Gasteiger partial charge in [-0.15, -0.1) is 0 Å². The van der Waals surface area contributed by atoms with Crippen LogP contribution in [-0.4, -0.2) is 126 Å². The van der Waals surface area contributed by atoms with Crippen LogP contribution in [0.2, 0.25) is 0 Å². The molecule has 8 aliphatic carbocycles. The van der Waals surface area contributed by atoms with E-state index in [2.05, 4.69) is 0 Å². The number of hydrogen-bond acceptors (Lipinski definition) is 13. The number of alkyl halides is 2. The van der Waals surface area contributed by atoms with Crippen molar-refractivity contribution in [2.75, 3.05) is 13.2 Å². The number of carbonyl (C=O) groups is 5. The normalized spacial score (nSPS) is 49.4. The number of carbonyl (C=O) groups excluding carboxylic acids is 5. The van der Waals surface area contributed by atoms with Crippen LogP contribution in [-0.2, 0) is 33.4 Å². The summed E-state index contributed by atoms with van der Waals surface area (Å²) < 4.78 is 46.3. The van der Waals surface area contributed by atoms with Crippen LogP contribution in [0.4, 0.5) is 8.78 Å². The molecule has 348 valence electrons. The van der Waals surface area contributed by atoms with Crippen molar-refractivity contribution in [2.24, 2.45) is 45.3 Å². The van der Waals surface area contributed by atoms with Gasteiger partial charge in [-0.25, -0.2) is 8.78 Å². The molecule has 1 saturated heterocycles. The molecule has 0 aromatic heterocycles. The number of ketones is 5. The van der Waals surface area contributed by atoms with Gasteiger partial charge in [0.15, 0.2) is 51.5 Å². The topological polar surface area (TPSA) is 225 Å². The molecule has 0 aromatic carbocycles. The van der Waals surface area contributed by atoms with Crippen LogP contribution in [0.5, 0.6) is 0 Å². The van der Waals surface area contributed by atoms with Crippen LogP contribution in [0.15, 0.2) is 47.6 Å². The summed E-state index contributed by atoms with van der Waals surface area (Å²) in [5.41, 5.74) is -10.8. The molecule has 6 saturated carbocycles. The molecule has 1 aliphatic heterocycles. The Balaban J connectivity index is 0.000000175. The van der Waals surface area contributed by atoms with E-state index in [1.54, 1.807) is 40.7 Å². The lowest BCUT2D eigenvalue weighted by molar-refractivity contribution is -0.246. The fourth-order valence-corrected chi connectivity index (χ4v) is 14.8. The van der Waals surface area contributed by atoms with Gasteiger partial charge >= 0.3 is 0 Å². The second-order valence-corrected chi connectivity index (χ2v) is 21.2. The molecule has 0 spiro atoms. The van der Waals surface area contributed by atoms with Crippen molar-refractivity contribution < 1.29 is 72.9 Å². The highest BCUT2D eigenvalue weighted by Crippen LogP contribution is 2.73. The van der Waals surface area contributed by atoms with Gasteiger partial charge in [-0.1, -0.05) is 37.1 Å². The third kappa shape index (κ3) is 6.15. The smallest absolute Gasteiger partial charge is 0.193 e. The zero-order valence-electron chi connectivity index (χ0n) is 37.5. The molecule has 9 rings (SSSR count). The van der Waals surface area contributed by atoms with E-state index in [1.165, 1.54) is 44.2 Å². The first-order chi connectivity index (χ1) is 29.1. The summed E-state index contributed by atoms with van der Waals surface area (Å²) in [6.45, 7) is 11.8. The Bertz CT molecular complexity index is 2110. The van der Waals surface area contributed by atoms with Gasteiger partial charge in [-0.3, -0.25) is 19.2 Å². The third-order valence-electron chi connectivity index (χ3n) is 17.6. The minimum atomic E-state index is -2.23. The molecule has 0 amide bonds. The number of aliphatic hydroxyl groups excluding tert-OH is 5. The summed E-state index contributed by atoms with van der Waals surface area (Å²) in [5, 5.41) is 63.3. The minimum absolute atomic E-state index is 0.0109. The monoisotopic (exact) mass is 886 g/mol. The van der Waals surface area contributed by atoms with Gasteiger partial charge in [0.1, 0.15) is 19.0 Å². The zero-order chi connectivity index (χ0) is 46.9. The second kappa shape index (κ2) is 15.2. The fourth-order valence-electron chi connectivity index (χ4n) is 14.8.